The van der Waals surface area contributed by atoms with Gasteiger partial charge in [0.1, 0.15) is 10.6 Å². The van der Waals surface area contributed by atoms with Crippen molar-refractivity contribution < 1.29 is 19.5 Å². The molecule has 0 saturated carbocycles. The molecule has 1 aliphatic rings. The summed E-state index contributed by atoms with van der Waals surface area (Å²) in [6.07, 6.45) is 3.25. The van der Waals surface area contributed by atoms with E-state index in [1.807, 2.05) is 6.92 Å². The Bertz CT molecular complexity index is 682. The van der Waals surface area contributed by atoms with Crippen LogP contribution in [0.5, 0.6) is 0 Å². The minimum absolute atomic E-state index is 0.216. The van der Waals surface area contributed by atoms with Crippen LogP contribution in [0.3, 0.4) is 0 Å². The minimum atomic E-state index is -1.31. The minimum Gasteiger partial charge on any atom is -0.548 e. The van der Waals surface area contributed by atoms with Crippen molar-refractivity contribution in [3.05, 3.63) is 40.3 Å². The molecule has 5 nitrogen and oxygen atoms in total. The molecule has 1 aromatic rings. The van der Waals surface area contributed by atoms with Crippen LogP contribution in [0.2, 0.25) is 0 Å². The van der Waals surface area contributed by atoms with Crippen LogP contribution in [0.4, 0.5) is 0 Å². The maximum Gasteiger partial charge on any atom is 0.266 e. The Morgan fingerprint density at radius 2 is 1.96 bits per heavy atom. The molecule has 0 N–H and O–H groups in total. The first-order valence-corrected chi connectivity index (χ1v) is 8.23. The second-order valence-electron chi connectivity index (χ2n) is 4.96. The second kappa shape index (κ2) is 7.52. The van der Waals surface area contributed by atoms with Crippen LogP contribution < -0.4 is 5.11 Å². The van der Waals surface area contributed by atoms with Crippen molar-refractivity contribution in [3.63, 3.8) is 0 Å². The summed E-state index contributed by atoms with van der Waals surface area (Å²) in [5.41, 5.74) is 1.27. The highest BCUT2D eigenvalue weighted by molar-refractivity contribution is 8.26. The summed E-state index contributed by atoms with van der Waals surface area (Å²) in [5, 5.41) is 11.3. The van der Waals surface area contributed by atoms with Gasteiger partial charge in [-0.25, -0.2) is 0 Å². The lowest BCUT2D eigenvalue weighted by Gasteiger charge is -2.27. The first-order valence-electron chi connectivity index (χ1n) is 7.01. The van der Waals surface area contributed by atoms with Crippen LogP contribution in [-0.2, 0) is 9.59 Å². The van der Waals surface area contributed by atoms with Crippen molar-refractivity contribution in [1.29, 1.82) is 0 Å². The van der Waals surface area contributed by atoms with Gasteiger partial charge in [-0.05, 0) is 18.1 Å². The zero-order chi connectivity index (χ0) is 17.0. The molecule has 1 amide bonds. The zero-order valence-corrected chi connectivity index (χ0v) is 14.0. The van der Waals surface area contributed by atoms with Crippen molar-refractivity contribution in [2.75, 3.05) is 0 Å². The molecule has 0 aliphatic carbocycles. The number of nitrogens with zero attached hydrogens (tertiary/aromatic N) is 1. The van der Waals surface area contributed by atoms with E-state index in [4.69, 9.17) is 12.2 Å². The molecule has 23 heavy (non-hydrogen) atoms. The van der Waals surface area contributed by atoms with E-state index in [2.05, 4.69) is 0 Å². The first kappa shape index (κ1) is 17.4. The van der Waals surface area contributed by atoms with E-state index in [1.54, 1.807) is 30.3 Å². The van der Waals surface area contributed by atoms with Crippen LogP contribution in [0.25, 0.3) is 6.08 Å². The Labute approximate surface area is 143 Å². The third-order valence-electron chi connectivity index (χ3n) is 3.34. The third-order valence-corrected chi connectivity index (χ3v) is 4.67. The van der Waals surface area contributed by atoms with Gasteiger partial charge in [-0.1, -0.05) is 61.6 Å². The van der Waals surface area contributed by atoms with Crippen LogP contribution in [0.1, 0.15) is 35.7 Å². The summed E-state index contributed by atoms with van der Waals surface area (Å²) in [5.74, 6) is -1.73. The highest BCUT2D eigenvalue weighted by Gasteiger charge is 2.37. The SMILES string of the molecule is CCC[C@@H](C(=O)[O-])N1C(=O)/C(=C/c2ccc(C=O)cc2)SC1=S. The van der Waals surface area contributed by atoms with Crippen LogP contribution >= 0.6 is 24.0 Å². The number of hydrogen-bond donors (Lipinski definition) is 0. The number of aldehydes is 1. The summed E-state index contributed by atoms with van der Waals surface area (Å²) in [6.45, 7) is 1.83. The normalized spacial score (nSPS) is 17.6. The predicted octanol–water partition coefficient (Wildman–Crippen LogP) is 1.62. The van der Waals surface area contributed by atoms with Gasteiger partial charge >= 0.3 is 0 Å². The Morgan fingerprint density at radius 3 is 2.48 bits per heavy atom. The summed E-state index contributed by atoms with van der Waals surface area (Å²) in [4.78, 5) is 35.9. The van der Waals surface area contributed by atoms with Gasteiger partial charge in [0.15, 0.2) is 0 Å². The Hall–Kier alpha value is -1.99. The van der Waals surface area contributed by atoms with Gasteiger partial charge in [0.25, 0.3) is 5.91 Å². The number of carboxylic acid groups (broad SMARTS) is 1. The highest BCUT2D eigenvalue weighted by Crippen LogP contribution is 2.34. The Kier molecular flexibility index (Phi) is 5.68. The fourth-order valence-electron chi connectivity index (χ4n) is 2.20. The lowest BCUT2D eigenvalue weighted by atomic mass is 10.1. The van der Waals surface area contributed by atoms with Crippen LogP contribution in [0, 0.1) is 0 Å². The van der Waals surface area contributed by atoms with Crippen molar-refractivity contribution in [3.8, 4) is 0 Å². The summed E-state index contributed by atoms with van der Waals surface area (Å²) in [7, 11) is 0. The molecule has 7 heteroatoms. The standard InChI is InChI=1S/C16H15NO4S2/c1-2-3-12(15(20)21)17-14(19)13(23-16(17)22)8-10-4-6-11(9-18)7-5-10/h4-9,12H,2-3H2,1H3,(H,20,21)/p-1/b13-8-/t12-/m0/s1. The Morgan fingerprint density at radius 1 is 1.35 bits per heavy atom. The molecule has 0 radical (unpaired) electrons. The molecule has 1 aromatic carbocycles. The van der Waals surface area contributed by atoms with Gasteiger partial charge in [-0.2, -0.15) is 0 Å². The lowest BCUT2D eigenvalue weighted by Crippen LogP contribution is -2.49. The van der Waals surface area contributed by atoms with E-state index < -0.39 is 17.9 Å². The summed E-state index contributed by atoms with van der Waals surface area (Å²) >= 11 is 6.22. The van der Waals surface area contributed by atoms with E-state index in [1.165, 1.54) is 0 Å². The van der Waals surface area contributed by atoms with Gasteiger partial charge in [0.05, 0.1) is 16.9 Å². The predicted molar refractivity (Wildman–Crippen MR) is 90.5 cm³/mol. The van der Waals surface area contributed by atoms with Gasteiger partial charge < -0.3 is 9.90 Å². The average molecular weight is 348 g/mol. The number of carbonyl (C=O) groups is 3. The van der Waals surface area contributed by atoms with Gasteiger partial charge in [-0.15, -0.1) is 0 Å². The van der Waals surface area contributed by atoms with Crippen molar-refractivity contribution in [2.24, 2.45) is 0 Å². The first-order chi connectivity index (χ1) is 11.0. The highest BCUT2D eigenvalue weighted by atomic mass is 32.2. The molecule has 1 heterocycles. The zero-order valence-electron chi connectivity index (χ0n) is 12.4. The largest absolute Gasteiger partial charge is 0.548 e. The molecule has 0 unspecified atom stereocenters. The fraction of sp³-hybridized carbons (Fsp3) is 0.250. The molecule has 0 bridgehead atoms. The van der Waals surface area contributed by atoms with E-state index in [0.29, 0.717) is 16.9 Å². The molecule has 2 rings (SSSR count). The monoisotopic (exact) mass is 348 g/mol. The number of hydrogen-bond acceptors (Lipinski definition) is 6. The molecule has 1 atom stereocenters. The van der Waals surface area contributed by atoms with Crippen molar-refractivity contribution in [1.82, 2.24) is 4.90 Å². The van der Waals surface area contributed by atoms with E-state index in [9.17, 15) is 19.5 Å². The Balaban J connectivity index is 2.27. The molecule has 1 aliphatic heterocycles. The number of carboxylic acids is 1. The van der Waals surface area contributed by atoms with E-state index >= 15 is 0 Å². The molecule has 0 aromatic heterocycles. The summed E-state index contributed by atoms with van der Waals surface area (Å²) < 4.78 is 0.216. The van der Waals surface area contributed by atoms with Crippen molar-refractivity contribution >= 4 is 52.5 Å². The molecular formula is C16H14NO4S2-. The van der Waals surface area contributed by atoms with Crippen molar-refractivity contribution in [2.45, 2.75) is 25.8 Å². The topological polar surface area (TPSA) is 77.5 Å². The van der Waals surface area contributed by atoms with E-state index in [-0.39, 0.29) is 10.7 Å². The number of thiocarbonyl (C=S) groups is 1. The molecule has 0 spiro atoms. The maximum atomic E-state index is 12.5. The summed E-state index contributed by atoms with van der Waals surface area (Å²) in [6, 6.07) is 5.65. The van der Waals surface area contributed by atoms with Crippen LogP contribution in [0.15, 0.2) is 29.2 Å². The molecular weight excluding hydrogens is 334 g/mol. The van der Waals surface area contributed by atoms with Gasteiger partial charge in [-0.3, -0.25) is 14.5 Å². The maximum absolute atomic E-state index is 12.5. The number of thioether (sulfide) groups is 1. The number of amides is 1. The smallest absolute Gasteiger partial charge is 0.266 e. The number of aliphatic carboxylic acids is 1. The molecule has 1 saturated heterocycles. The van der Waals surface area contributed by atoms with Crippen LogP contribution in [-0.4, -0.2) is 33.4 Å². The number of carbonyl (C=O) groups excluding carboxylic acids is 3. The fourth-order valence-corrected chi connectivity index (χ4v) is 3.55. The lowest BCUT2D eigenvalue weighted by molar-refractivity contribution is -0.310. The van der Waals surface area contributed by atoms with Gasteiger partial charge in [0.2, 0.25) is 0 Å². The number of benzene rings is 1. The molecule has 120 valence electrons. The second-order valence-corrected chi connectivity index (χ2v) is 6.64. The quantitative estimate of drug-likeness (QED) is 0.442. The number of rotatable bonds is 6. The average Bonchev–Trinajstić information content (AvgIpc) is 2.80. The van der Waals surface area contributed by atoms with E-state index in [0.717, 1.165) is 28.5 Å². The molecule has 1 fully saturated rings. The third kappa shape index (κ3) is 3.86. The van der Waals surface area contributed by atoms with Gasteiger partial charge in [0, 0.05) is 5.56 Å².